The van der Waals surface area contributed by atoms with Gasteiger partial charge in [0, 0.05) is 10.9 Å². The number of nitrogens with one attached hydrogen (secondary N) is 1. The Bertz CT molecular complexity index is 1420. The molecule has 3 heterocycles. The topological polar surface area (TPSA) is 130 Å². The Morgan fingerprint density at radius 3 is 2.82 bits per heavy atom. The molecule has 1 N–H and O–H groups in total. The molecule has 0 spiro atoms. The fraction of sp³-hybridized carbons (Fsp3) is 0.136. The molecule has 5 rings (SSSR count). The first-order chi connectivity index (χ1) is 16.5. The van der Waals surface area contributed by atoms with Crippen molar-refractivity contribution in [3.8, 4) is 28.5 Å². The van der Waals surface area contributed by atoms with Crippen molar-refractivity contribution < 1.29 is 23.9 Å². The van der Waals surface area contributed by atoms with Gasteiger partial charge in [-0.2, -0.15) is 5.10 Å². The maximum Gasteiger partial charge on any atom is 0.282 e. The Morgan fingerprint density at radius 1 is 1.21 bits per heavy atom. The minimum atomic E-state index is -0.502. The van der Waals surface area contributed by atoms with Crippen molar-refractivity contribution in [2.45, 2.75) is 0 Å². The van der Waals surface area contributed by atoms with Crippen molar-refractivity contribution in [3.63, 3.8) is 0 Å². The smallest absolute Gasteiger partial charge is 0.282 e. The van der Waals surface area contributed by atoms with E-state index in [1.165, 1.54) is 29.7 Å². The maximum absolute atomic E-state index is 11.7. The number of amides is 1. The molecule has 0 radical (unpaired) electrons. The normalized spacial score (nSPS) is 14.6. The van der Waals surface area contributed by atoms with Gasteiger partial charge in [0.1, 0.15) is 5.75 Å². The van der Waals surface area contributed by atoms with Crippen LogP contribution in [0.1, 0.15) is 5.56 Å². The SMILES string of the molecule is C=CCN=c1scc(-c2ccc3c(c2)NC(=O)CO3)n1N=Cc1cc2c(cc1[N+](=O)[O-])OCO2. The molecule has 0 aliphatic carbocycles. The lowest BCUT2D eigenvalue weighted by atomic mass is 10.1. The third-order valence-electron chi connectivity index (χ3n) is 4.98. The molecule has 0 saturated heterocycles. The number of carbonyl (C=O) groups excluding carboxylic acids is 1. The lowest BCUT2D eigenvalue weighted by Gasteiger charge is -2.18. The molecule has 1 aromatic heterocycles. The summed E-state index contributed by atoms with van der Waals surface area (Å²) in [5, 5.41) is 20.8. The van der Waals surface area contributed by atoms with Crippen LogP contribution < -0.4 is 24.3 Å². The van der Waals surface area contributed by atoms with E-state index in [0.29, 0.717) is 40.0 Å². The van der Waals surface area contributed by atoms with Gasteiger partial charge in [-0.15, -0.1) is 17.9 Å². The van der Waals surface area contributed by atoms with Crippen LogP contribution in [0.4, 0.5) is 11.4 Å². The Labute approximate surface area is 196 Å². The maximum atomic E-state index is 11.7. The second kappa shape index (κ2) is 8.83. The van der Waals surface area contributed by atoms with Gasteiger partial charge in [0.05, 0.1) is 40.7 Å². The number of hydrogen-bond acceptors (Lipinski definition) is 9. The van der Waals surface area contributed by atoms with Crippen molar-refractivity contribution >= 4 is 34.8 Å². The molecule has 11 nitrogen and oxygen atoms in total. The lowest BCUT2D eigenvalue weighted by molar-refractivity contribution is -0.385. The van der Waals surface area contributed by atoms with Gasteiger partial charge in [-0.05, 0) is 24.3 Å². The van der Waals surface area contributed by atoms with Crippen LogP contribution in [0.5, 0.6) is 17.2 Å². The average molecular weight is 479 g/mol. The van der Waals surface area contributed by atoms with Crippen LogP contribution in [-0.2, 0) is 4.79 Å². The Kier molecular flexibility index (Phi) is 5.55. The monoisotopic (exact) mass is 479 g/mol. The van der Waals surface area contributed by atoms with E-state index in [2.05, 4.69) is 22.0 Å². The molecule has 12 heteroatoms. The van der Waals surface area contributed by atoms with E-state index in [-0.39, 0.29) is 30.6 Å². The largest absolute Gasteiger partial charge is 0.482 e. The number of carbonyl (C=O) groups is 1. The van der Waals surface area contributed by atoms with E-state index < -0.39 is 4.92 Å². The van der Waals surface area contributed by atoms with Gasteiger partial charge in [0.25, 0.3) is 11.6 Å². The molecule has 0 bridgehead atoms. The quantitative estimate of drug-likeness (QED) is 0.250. The summed E-state index contributed by atoms with van der Waals surface area (Å²) < 4.78 is 17.6. The second-order valence-electron chi connectivity index (χ2n) is 7.16. The van der Waals surface area contributed by atoms with Crippen LogP contribution >= 0.6 is 11.3 Å². The minimum absolute atomic E-state index is 0.000322. The summed E-state index contributed by atoms with van der Waals surface area (Å²) in [5.74, 6) is 1.05. The Morgan fingerprint density at radius 2 is 2.03 bits per heavy atom. The molecule has 0 atom stereocenters. The predicted octanol–water partition coefficient (Wildman–Crippen LogP) is 3.15. The Hall–Kier alpha value is -4.45. The number of nitro benzene ring substituents is 1. The standard InChI is InChI=1S/C22H17N5O6S/c1-2-5-23-22-26(24-9-14-7-19-20(33-12-32-19)8-16(14)27(29)30)17(11-34-22)13-3-4-18-15(6-13)25-21(28)10-31-18/h2-4,6-9,11H,1,5,10,12H2,(H,25,28). The summed E-state index contributed by atoms with van der Waals surface area (Å²) in [6.45, 7) is 4.03. The molecule has 2 aromatic carbocycles. The van der Waals surface area contributed by atoms with Crippen molar-refractivity contribution in [2.24, 2.45) is 10.1 Å². The summed E-state index contributed by atoms with van der Waals surface area (Å²) >= 11 is 1.35. The first kappa shape index (κ1) is 21.4. The van der Waals surface area contributed by atoms with E-state index in [1.807, 2.05) is 11.4 Å². The average Bonchev–Trinajstić information content (AvgIpc) is 3.46. The number of nitro groups is 1. The zero-order valence-electron chi connectivity index (χ0n) is 17.6. The van der Waals surface area contributed by atoms with Crippen molar-refractivity contribution in [1.82, 2.24) is 4.68 Å². The highest BCUT2D eigenvalue weighted by atomic mass is 32.1. The van der Waals surface area contributed by atoms with Gasteiger partial charge in [-0.1, -0.05) is 6.08 Å². The van der Waals surface area contributed by atoms with Crippen molar-refractivity contribution in [1.29, 1.82) is 0 Å². The molecule has 0 fully saturated rings. The van der Waals surface area contributed by atoms with Gasteiger partial charge >= 0.3 is 0 Å². The first-order valence-corrected chi connectivity index (χ1v) is 10.9. The fourth-order valence-corrected chi connectivity index (χ4v) is 4.28. The van der Waals surface area contributed by atoms with Crippen LogP contribution in [0.15, 0.2) is 58.5 Å². The lowest BCUT2D eigenvalue weighted by Crippen LogP contribution is -2.25. The van der Waals surface area contributed by atoms with E-state index in [0.717, 1.165) is 5.56 Å². The summed E-state index contributed by atoms with van der Waals surface area (Å²) in [6, 6.07) is 8.21. The van der Waals surface area contributed by atoms with E-state index in [1.54, 1.807) is 22.9 Å². The van der Waals surface area contributed by atoms with Crippen LogP contribution in [0.25, 0.3) is 11.3 Å². The number of ether oxygens (including phenoxy) is 3. The number of rotatable bonds is 6. The number of thiazole rings is 1. The highest BCUT2D eigenvalue weighted by molar-refractivity contribution is 7.07. The van der Waals surface area contributed by atoms with Crippen molar-refractivity contribution in [3.05, 3.63) is 68.8 Å². The molecule has 0 saturated carbocycles. The number of anilines is 1. The molecule has 2 aliphatic rings. The number of benzene rings is 2. The summed E-state index contributed by atoms with van der Waals surface area (Å²) in [4.78, 5) is 27.9. The molecular weight excluding hydrogens is 462 g/mol. The minimum Gasteiger partial charge on any atom is -0.482 e. The number of hydrogen-bond donors (Lipinski definition) is 1. The van der Waals surface area contributed by atoms with Crippen LogP contribution in [0.3, 0.4) is 0 Å². The van der Waals surface area contributed by atoms with Crippen LogP contribution in [0.2, 0.25) is 0 Å². The van der Waals surface area contributed by atoms with E-state index in [9.17, 15) is 14.9 Å². The highest BCUT2D eigenvalue weighted by Gasteiger charge is 2.23. The zero-order valence-corrected chi connectivity index (χ0v) is 18.4. The van der Waals surface area contributed by atoms with Gasteiger partial charge in [0.15, 0.2) is 18.1 Å². The molecule has 3 aromatic rings. The number of fused-ring (bicyclic) bond motifs is 2. The van der Waals surface area contributed by atoms with E-state index in [4.69, 9.17) is 14.2 Å². The summed E-state index contributed by atoms with van der Waals surface area (Å²) in [5.41, 5.74) is 2.06. The number of nitrogens with zero attached hydrogens (tertiary/aromatic N) is 4. The zero-order chi connectivity index (χ0) is 23.7. The summed E-state index contributed by atoms with van der Waals surface area (Å²) in [7, 11) is 0. The highest BCUT2D eigenvalue weighted by Crippen LogP contribution is 2.37. The number of aromatic nitrogens is 1. The predicted molar refractivity (Wildman–Crippen MR) is 125 cm³/mol. The Balaban J connectivity index is 1.60. The van der Waals surface area contributed by atoms with Gasteiger partial charge in [-0.25, -0.2) is 4.68 Å². The second-order valence-corrected chi connectivity index (χ2v) is 7.99. The van der Waals surface area contributed by atoms with Gasteiger partial charge in [0.2, 0.25) is 11.6 Å². The third-order valence-corrected chi connectivity index (χ3v) is 5.83. The van der Waals surface area contributed by atoms with Gasteiger partial charge < -0.3 is 19.5 Å². The first-order valence-electron chi connectivity index (χ1n) is 10.0. The van der Waals surface area contributed by atoms with Gasteiger partial charge in [-0.3, -0.25) is 19.9 Å². The van der Waals surface area contributed by atoms with E-state index >= 15 is 0 Å². The fourth-order valence-electron chi connectivity index (χ4n) is 3.43. The summed E-state index contributed by atoms with van der Waals surface area (Å²) in [6.07, 6.45) is 3.04. The molecule has 0 unspecified atom stereocenters. The molecule has 34 heavy (non-hydrogen) atoms. The molecule has 2 aliphatic heterocycles. The van der Waals surface area contributed by atoms with Crippen LogP contribution in [-0.4, -0.2) is 41.7 Å². The molecular formula is C22H17N5O6S. The molecule has 1 amide bonds. The van der Waals surface area contributed by atoms with Crippen molar-refractivity contribution in [2.75, 3.05) is 25.3 Å². The van der Waals surface area contributed by atoms with Crippen LogP contribution in [0, 0.1) is 10.1 Å². The third kappa shape index (κ3) is 4.01. The molecule has 172 valence electrons.